The SMILES string of the molecule is CCC(N)Cn1c(-c2ccncc2)nc2cc(Cl)cnc21. The highest BCUT2D eigenvalue weighted by Crippen LogP contribution is 2.25. The highest BCUT2D eigenvalue weighted by molar-refractivity contribution is 6.31. The quantitative estimate of drug-likeness (QED) is 0.804. The van der Waals surface area contributed by atoms with Crippen LogP contribution in [0.5, 0.6) is 0 Å². The summed E-state index contributed by atoms with van der Waals surface area (Å²) in [6.07, 6.45) is 6.03. The zero-order chi connectivity index (χ0) is 14.8. The summed E-state index contributed by atoms with van der Waals surface area (Å²) in [5.74, 6) is 0.839. The van der Waals surface area contributed by atoms with Crippen molar-refractivity contribution >= 4 is 22.8 Å². The van der Waals surface area contributed by atoms with E-state index in [2.05, 4.69) is 26.4 Å². The average molecular weight is 302 g/mol. The number of hydrogen-bond donors (Lipinski definition) is 1. The molecule has 6 heteroatoms. The van der Waals surface area contributed by atoms with Crippen LogP contribution in [0, 0.1) is 0 Å². The molecule has 0 amide bonds. The van der Waals surface area contributed by atoms with Gasteiger partial charge in [0, 0.05) is 36.7 Å². The van der Waals surface area contributed by atoms with E-state index in [9.17, 15) is 0 Å². The maximum Gasteiger partial charge on any atom is 0.160 e. The number of rotatable bonds is 4. The van der Waals surface area contributed by atoms with E-state index < -0.39 is 0 Å². The van der Waals surface area contributed by atoms with Crippen molar-refractivity contribution in [3.8, 4) is 11.4 Å². The van der Waals surface area contributed by atoms with Crippen molar-refractivity contribution in [1.29, 1.82) is 0 Å². The van der Waals surface area contributed by atoms with E-state index in [1.807, 2.05) is 18.2 Å². The molecule has 2 N–H and O–H groups in total. The predicted molar refractivity (Wildman–Crippen MR) is 84.0 cm³/mol. The van der Waals surface area contributed by atoms with Crippen molar-refractivity contribution in [2.75, 3.05) is 0 Å². The third-order valence-corrected chi connectivity index (χ3v) is 3.64. The second-order valence-corrected chi connectivity index (χ2v) is 5.38. The van der Waals surface area contributed by atoms with E-state index >= 15 is 0 Å². The second-order valence-electron chi connectivity index (χ2n) is 4.95. The largest absolute Gasteiger partial charge is 0.326 e. The molecule has 0 radical (unpaired) electrons. The smallest absolute Gasteiger partial charge is 0.160 e. The summed E-state index contributed by atoms with van der Waals surface area (Å²) >= 11 is 6.01. The molecular formula is C15H16ClN5. The first-order valence-corrected chi connectivity index (χ1v) is 7.24. The maximum absolute atomic E-state index is 6.12. The van der Waals surface area contributed by atoms with Crippen molar-refractivity contribution in [3.63, 3.8) is 0 Å². The number of aromatic nitrogens is 4. The lowest BCUT2D eigenvalue weighted by Gasteiger charge is -2.13. The van der Waals surface area contributed by atoms with Crippen LogP contribution in [-0.4, -0.2) is 25.6 Å². The van der Waals surface area contributed by atoms with E-state index in [0.717, 1.165) is 29.0 Å². The Kier molecular flexibility index (Phi) is 3.86. The molecular weight excluding hydrogens is 286 g/mol. The lowest BCUT2D eigenvalue weighted by Crippen LogP contribution is -2.25. The number of fused-ring (bicyclic) bond motifs is 1. The minimum atomic E-state index is 0.0560. The summed E-state index contributed by atoms with van der Waals surface area (Å²) in [4.78, 5) is 13.1. The molecule has 0 spiro atoms. The highest BCUT2D eigenvalue weighted by atomic mass is 35.5. The van der Waals surface area contributed by atoms with Crippen molar-refractivity contribution in [1.82, 2.24) is 19.5 Å². The van der Waals surface area contributed by atoms with Gasteiger partial charge in [0.25, 0.3) is 0 Å². The van der Waals surface area contributed by atoms with Gasteiger partial charge in [-0.3, -0.25) is 4.98 Å². The molecule has 0 aliphatic heterocycles. The molecule has 5 nitrogen and oxygen atoms in total. The summed E-state index contributed by atoms with van der Waals surface area (Å²) in [5, 5.41) is 0.577. The monoisotopic (exact) mass is 301 g/mol. The third kappa shape index (κ3) is 2.75. The van der Waals surface area contributed by atoms with E-state index in [0.29, 0.717) is 11.6 Å². The Morgan fingerprint density at radius 3 is 2.81 bits per heavy atom. The molecule has 3 heterocycles. The van der Waals surface area contributed by atoms with Crippen LogP contribution in [0.1, 0.15) is 13.3 Å². The number of hydrogen-bond acceptors (Lipinski definition) is 4. The van der Waals surface area contributed by atoms with E-state index in [4.69, 9.17) is 17.3 Å². The maximum atomic E-state index is 6.12. The van der Waals surface area contributed by atoms with Gasteiger partial charge in [0.05, 0.1) is 5.02 Å². The summed E-state index contributed by atoms with van der Waals surface area (Å²) in [6, 6.07) is 5.73. The van der Waals surface area contributed by atoms with Crippen LogP contribution in [0.3, 0.4) is 0 Å². The van der Waals surface area contributed by atoms with Gasteiger partial charge in [-0.2, -0.15) is 0 Å². The topological polar surface area (TPSA) is 69.6 Å². The van der Waals surface area contributed by atoms with Gasteiger partial charge in [0.1, 0.15) is 11.3 Å². The number of pyridine rings is 2. The van der Waals surface area contributed by atoms with Gasteiger partial charge in [-0.15, -0.1) is 0 Å². The zero-order valence-electron chi connectivity index (χ0n) is 11.7. The van der Waals surface area contributed by atoms with Gasteiger partial charge < -0.3 is 10.3 Å². The number of nitrogens with two attached hydrogens (primary N) is 1. The minimum Gasteiger partial charge on any atom is -0.326 e. The Labute approximate surface area is 127 Å². The van der Waals surface area contributed by atoms with Crippen LogP contribution in [-0.2, 0) is 6.54 Å². The fourth-order valence-corrected chi connectivity index (χ4v) is 2.40. The lowest BCUT2D eigenvalue weighted by molar-refractivity contribution is 0.549. The Hall–Kier alpha value is -1.98. The number of halogens is 1. The van der Waals surface area contributed by atoms with Crippen LogP contribution < -0.4 is 5.73 Å². The molecule has 0 aliphatic rings. The van der Waals surface area contributed by atoms with Gasteiger partial charge in [0.15, 0.2) is 5.65 Å². The van der Waals surface area contributed by atoms with Gasteiger partial charge in [-0.1, -0.05) is 18.5 Å². The number of imidazole rings is 1. The van der Waals surface area contributed by atoms with Crippen molar-refractivity contribution in [2.45, 2.75) is 25.9 Å². The van der Waals surface area contributed by atoms with Crippen LogP contribution in [0.25, 0.3) is 22.6 Å². The molecule has 1 atom stereocenters. The van der Waals surface area contributed by atoms with Gasteiger partial charge in [-0.25, -0.2) is 9.97 Å². The van der Waals surface area contributed by atoms with Crippen LogP contribution in [0.2, 0.25) is 5.02 Å². The molecule has 0 saturated heterocycles. The van der Waals surface area contributed by atoms with Crippen LogP contribution in [0.4, 0.5) is 0 Å². The van der Waals surface area contributed by atoms with Crippen LogP contribution >= 0.6 is 11.6 Å². The normalized spacial score (nSPS) is 12.7. The molecule has 0 fully saturated rings. The summed E-state index contributed by atoms with van der Waals surface area (Å²) in [5.41, 5.74) is 8.68. The van der Waals surface area contributed by atoms with E-state index in [1.165, 1.54) is 0 Å². The van der Waals surface area contributed by atoms with Gasteiger partial charge >= 0.3 is 0 Å². The molecule has 21 heavy (non-hydrogen) atoms. The molecule has 0 bridgehead atoms. The Morgan fingerprint density at radius 1 is 1.33 bits per heavy atom. The Balaban J connectivity index is 2.19. The summed E-state index contributed by atoms with van der Waals surface area (Å²) in [6.45, 7) is 2.74. The highest BCUT2D eigenvalue weighted by Gasteiger charge is 2.15. The summed E-state index contributed by atoms with van der Waals surface area (Å²) < 4.78 is 2.05. The summed E-state index contributed by atoms with van der Waals surface area (Å²) in [7, 11) is 0. The van der Waals surface area contributed by atoms with Crippen molar-refractivity contribution < 1.29 is 0 Å². The minimum absolute atomic E-state index is 0.0560. The number of nitrogens with zero attached hydrogens (tertiary/aromatic N) is 4. The van der Waals surface area contributed by atoms with Gasteiger partial charge in [0.2, 0.25) is 0 Å². The molecule has 3 rings (SSSR count). The molecule has 3 aromatic heterocycles. The lowest BCUT2D eigenvalue weighted by atomic mass is 10.2. The molecule has 108 valence electrons. The average Bonchev–Trinajstić information content (AvgIpc) is 2.85. The Morgan fingerprint density at radius 2 is 2.10 bits per heavy atom. The first kappa shape index (κ1) is 14.0. The standard InChI is InChI=1S/C15H16ClN5/c1-2-12(17)9-21-14(10-3-5-18-6-4-10)20-13-7-11(16)8-19-15(13)21/h3-8,12H,2,9,17H2,1H3. The van der Waals surface area contributed by atoms with E-state index in [-0.39, 0.29) is 6.04 Å². The molecule has 0 aliphatic carbocycles. The molecule has 3 aromatic rings. The first-order valence-electron chi connectivity index (χ1n) is 6.86. The van der Waals surface area contributed by atoms with Gasteiger partial charge in [-0.05, 0) is 24.6 Å². The molecule has 0 saturated carbocycles. The second kappa shape index (κ2) is 5.79. The third-order valence-electron chi connectivity index (χ3n) is 3.43. The van der Waals surface area contributed by atoms with Crippen molar-refractivity contribution in [3.05, 3.63) is 41.8 Å². The zero-order valence-corrected chi connectivity index (χ0v) is 12.5. The van der Waals surface area contributed by atoms with Crippen molar-refractivity contribution in [2.24, 2.45) is 5.73 Å². The Bertz CT molecular complexity index is 753. The molecule has 0 aromatic carbocycles. The first-order chi connectivity index (χ1) is 10.2. The van der Waals surface area contributed by atoms with E-state index in [1.54, 1.807) is 18.6 Å². The fraction of sp³-hybridized carbons (Fsp3) is 0.267. The predicted octanol–water partition coefficient (Wildman–Crippen LogP) is 2.88. The molecule has 1 unspecified atom stereocenters. The van der Waals surface area contributed by atoms with Crippen LogP contribution in [0.15, 0.2) is 36.8 Å². The fourth-order valence-electron chi connectivity index (χ4n) is 2.24.